The number of fused-ring (bicyclic) bond motifs is 1. The van der Waals surface area contributed by atoms with Crippen LogP contribution in [0.4, 0.5) is 0 Å². The second-order valence-electron chi connectivity index (χ2n) is 3.56. The molecule has 15 heavy (non-hydrogen) atoms. The third-order valence-electron chi connectivity index (χ3n) is 2.51. The summed E-state index contributed by atoms with van der Waals surface area (Å²) >= 11 is 6.06. The molecule has 3 nitrogen and oxygen atoms in total. The van der Waals surface area contributed by atoms with Gasteiger partial charge in [0.15, 0.2) is 0 Å². The molecule has 1 aromatic carbocycles. The molecule has 0 saturated heterocycles. The van der Waals surface area contributed by atoms with Gasteiger partial charge in [-0.25, -0.2) is 4.79 Å². The second-order valence-corrected chi connectivity index (χ2v) is 4.18. The monoisotopic (exact) mass is 224 g/mol. The molecular formula is C11H13ClN2O. The summed E-state index contributed by atoms with van der Waals surface area (Å²) in [5.74, 6) is 0. The molecule has 0 bridgehead atoms. The zero-order valence-corrected chi connectivity index (χ0v) is 9.29. The molecule has 1 N–H and O–H groups in total. The maximum absolute atomic E-state index is 11.6. The number of nitrogens with zero attached hydrogens (tertiary/aromatic N) is 1. The summed E-state index contributed by atoms with van der Waals surface area (Å²) in [6.45, 7) is 2.57. The summed E-state index contributed by atoms with van der Waals surface area (Å²) in [5.41, 5.74) is 1.69. The van der Waals surface area contributed by atoms with Crippen LogP contribution in [0.15, 0.2) is 29.1 Å². The molecule has 2 rings (SSSR count). The standard InChI is InChI=1S/C11H13ClN2O/c1-2-8(12)7-14-10-6-4-3-5-9(10)13-11(14)15/h3-6,8H,2,7H2,1H3,(H,13,15). The number of benzene rings is 1. The molecule has 0 saturated carbocycles. The van der Waals surface area contributed by atoms with Gasteiger partial charge in [0.25, 0.3) is 0 Å². The molecular weight excluding hydrogens is 212 g/mol. The van der Waals surface area contributed by atoms with Crippen LogP contribution in [0.5, 0.6) is 0 Å². The smallest absolute Gasteiger partial charge is 0.306 e. The summed E-state index contributed by atoms with van der Waals surface area (Å²) < 4.78 is 1.69. The van der Waals surface area contributed by atoms with Crippen molar-refractivity contribution >= 4 is 22.6 Å². The van der Waals surface area contributed by atoms with Crippen LogP contribution in [-0.4, -0.2) is 14.9 Å². The minimum atomic E-state index is -0.0877. The average molecular weight is 225 g/mol. The highest BCUT2D eigenvalue weighted by atomic mass is 35.5. The van der Waals surface area contributed by atoms with Crippen LogP contribution in [0.3, 0.4) is 0 Å². The van der Waals surface area contributed by atoms with Gasteiger partial charge in [0.2, 0.25) is 0 Å². The SMILES string of the molecule is CCC(Cl)Cn1c(=O)[nH]c2ccccc21. The van der Waals surface area contributed by atoms with E-state index in [4.69, 9.17) is 11.6 Å². The van der Waals surface area contributed by atoms with E-state index < -0.39 is 0 Å². The van der Waals surface area contributed by atoms with Crippen LogP contribution >= 0.6 is 11.6 Å². The van der Waals surface area contributed by atoms with Crippen molar-refractivity contribution in [2.45, 2.75) is 25.3 Å². The van der Waals surface area contributed by atoms with Crippen molar-refractivity contribution in [2.75, 3.05) is 0 Å². The van der Waals surface area contributed by atoms with Gasteiger partial charge in [-0.15, -0.1) is 11.6 Å². The summed E-state index contributed by atoms with van der Waals surface area (Å²) in [6.07, 6.45) is 0.855. The van der Waals surface area contributed by atoms with Gasteiger partial charge in [0.1, 0.15) is 0 Å². The van der Waals surface area contributed by atoms with Crippen LogP contribution in [0.25, 0.3) is 11.0 Å². The highest BCUT2D eigenvalue weighted by Crippen LogP contribution is 2.12. The van der Waals surface area contributed by atoms with E-state index in [9.17, 15) is 4.79 Å². The first-order chi connectivity index (χ1) is 7.22. The number of rotatable bonds is 3. The van der Waals surface area contributed by atoms with Crippen LogP contribution in [-0.2, 0) is 6.54 Å². The van der Waals surface area contributed by atoms with Gasteiger partial charge < -0.3 is 4.98 Å². The van der Waals surface area contributed by atoms with Crippen molar-refractivity contribution in [2.24, 2.45) is 0 Å². The molecule has 1 atom stereocenters. The van der Waals surface area contributed by atoms with E-state index in [1.54, 1.807) is 4.57 Å². The molecule has 4 heteroatoms. The van der Waals surface area contributed by atoms with E-state index >= 15 is 0 Å². The van der Waals surface area contributed by atoms with Gasteiger partial charge in [-0.1, -0.05) is 19.1 Å². The molecule has 0 radical (unpaired) electrons. The number of H-pyrrole nitrogens is 1. The zero-order valence-electron chi connectivity index (χ0n) is 8.53. The Morgan fingerprint density at radius 2 is 2.20 bits per heavy atom. The largest absolute Gasteiger partial charge is 0.326 e. The Kier molecular flexibility index (Phi) is 2.82. The minimum Gasteiger partial charge on any atom is -0.306 e. The Morgan fingerprint density at radius 3 is 2.93 bits per heavy atom. The molecule has 0 spiro atoms. The fourth-order valence-electron chi connectivity index (χ4n) is 1.62. The molecule has 0 aliphatic rings. The molecule has 80 valence electrons. The van der Waals surface area contributed by atoms with Crippen molar-refractivity contribution in [3.63, 3.8) is 0 Å². The maximum Gasteiger partial charge on any atom is 0.326 e. The van der Waals surface area contributed by atoms with Gasteiger partial charge >= 0.3 is 5.69 Å². The molecule has 1 aromatic heterocycles. The quantitative estimate of drug-likeness (QED) is 0.799. The summed E-state index contributed by atoms with van der Waals surface area (Å²) in [4.78, 5) is 14.4. The van der Waals surface area contributed by atoms with Crippen molar-refractivity contribution in [1.29, 1.82) is 0 Å². The fraction of sp³-hybridized carbons (Fsp3) is 0.364. The van der Waals surface area contributed by atoms with Gasteiger partial charge in [0.05, 0.1) is 16.4 Å². The average Bonchev–Trinajstić information content (AvgIpc) is 2.55. The Labute approximate surface area is 92.7 Å². The summed E-state index contributed by atoms with van der Waals surface area (Å²) in [6, 6.07) is 7.64. The van der Waals surface area contributed by atoms with E-state index in [2.05, 4.69) is 4.98 Å². The van der Waals surface area contributed by atoms with Crippen molar-refractivity contribution in [1.82, 2.24) is 9.55 Å². The lowest BCUT2D eigenvalue weighted by Gasteiger charge is -2.07. The molecule has 2 aromatic rings. The lowest BCUT2D eigenvalue weighted by molar-refractivity contribution is 0.637. The molecule has 1 unspecified atom stereocenters. The predicted molar refractivity (Wildman–Crippen MR) is 62.5 cm³/mol. The first kappa shape index (κ1) is 10.3. The first-order valence-corrected chi connectivity index (χ1v) is 5.47. The molecule has 0 aliphatic carbocycles. The Balaban J connectivity index is 2.50. The second kappa shape index (κ2) is 4.11. The van der Waals surface area contributed by atoms with E-state index in [0.29, 0.717) is 6.54 Å². The normalized spacial score (nSPS) is 13.2. The first-order valence-electron chi connectivity index (χ1n) is 5.04. The van der Waals surface area contributed by atoms with Gasteiger partial charge in [-0.05, 0) is 18.6 Å². The van der Waals surface area contributed by atoms with E-state index in [0.717, 1.165) is 17.5 Å². The highest BCUT2D eigenvalue weighted by Gasteiger charge is 2.09. The van der Waals surface area contributed by atoms with Gasteiger partial charge in [-0.3, -0.25) is 4.57 Å². The summed E-state index contributed by atoms with van der Waals surface area (Å²) in [5, 5.41) is 0.00176. The highest BCUT2D eigenvalue weighted by molar-refractivity contribution is 6.20. The Morgan fingerprint density at radius 1 is 1.47 bits per heavy atom. The third-order valence-corrected chi connectivity index (χ3v) is 2.95. The number of hydrogen-bond acceptors (Lipinski definition) is 1. The fourth-order valence-corrected chi connectivity index (χ4v) is 1.75. The number of hydrogen-bond donors (Lipinski definition) is 1. The maximum atomic E-state index is 11.6. The third kappa shape index (κ3) is 1.92. The summed E-state index contributed by atoms with van der Waals surface area (Å²) in [7, 11) is 0. The lowest BCUT2D eigenvalue weighted by Crippen LogP contribution is -2.21. The number of para-hydroxylation sites is 2. The number of aromatic nitrogens is 2. The van der Waals surface area contributed by atoms with E-state index in [1.807, 2.05) is 31.2 Å². The predicted octanol–water partition coefficient (Wildman–Crippen LogP) is 2.35. The van der Waals surface area contributed by atoms with Gasteiger partial charge in [-0.2, -0.15) is 0 Å². The van der Waals surface area contributed by atoms with Crippen molar-refractivity contribution in [3.8, 4) is 0 Å². The number of nitrogens with one attached hydrogen (secondary N) is 1. The Bertz CT molecular complexity index is 515. The van der Waals surface area contributed by atoms with Crippen molar-refractivity contribution < 1.29 is 0 Å². The number of halogens is 1. The lowest BCUT2D eigenvalue weighted by atomic mass is 10.3. The van der Waals surface area contributed by atoms with E-state index in [-0.39, 0.29) is 11.1 Å². The Hall–Kier alpha value is -1.22. The molecule has 0 amide bonds. The molecule has 0 aliphatic heterocycles. The molecule has 1 heterocycles. The van der Waals surface area contributed by atoms with Crippen LogP contribution in [0.1, 0.15) is 13.3 Å². The number of aromatic amines is 1. The molecule has 0 fully saturated rings. The van der Waals surface area contributed by atoms with E-state index in [1.165, 1.54) is 0 Å². The topological polar surface area (TPSA) is 37.8 Å². The minimum absolute atomic E-state index is 0.00176. The number of alkyl halides is 1. The van der Waals surface area contributed by atoms with Crippen LogP contribution < -0.4 is 5.69 Å². The zero-order chi connectivity index (χ0) is 10.8. The van der Waals surface area contributed by atoms with Crippen LogP contribution in [0, 0.1) is 0 Å². The van der Waals surface area contributed by atoms with Gasteiger partial charge in [0, 0.05) is 6.54 Å². The number of imidazole rings is 1. The van der Waals surface area contributed by atoms with Crippen molar-refractivity contribution in [3.05, 3.63) is 34.7 Å². The van der Waals surface area contributed by atoms with Crippen LogP contribution in [0.2, 0.25) is 0 Å².